The third-order valence-corrected chi connectivity index (χ3v) is 6.96. The Kier molecular flexibility index (Phi) is 5.57. The Morgan fingerprint density at radius 3 is 2.62 bits per heavy atom. The number of hydrogen-bond acceptors (Lipinski definition) is 3. The molecule has 0 radical (unpaired) electrons. The van der Waals surface area contributed by atoms with Gasteiger partial charge in [0, 0.05) is 30.4 Å². The van der Waals surface area contributed by atoms with Crippen molar-refractivity contribution in [1.29, 1.82) is 0 Å². The van der Waals surface area contributed by atoms with Crippen LogP contribution < -0.4 is 0 Å². The minimum atomic E-state index is -3.00. The largest absolute Gasteiger partial charge is 0.463 e. The van der Waals surface area contributed by atoms with E-state index in [1.54, 1.807) is 16.7 Å². The van der Waals surface area contributed by atoms with Gasteiger partial charge in [0.15, 0.2) is 4.73 Å². The molecule has 2 aromatic rings. The predicted octanol–water partition coefficient (Wildman–Crippen LogP) is 6.26. The van der Waals surface area contributed by atoms with Gasteiger partial charge in [-0.3, -0.25) is 4.79 Å². The van der Waals surface area contributed by atoms with Gasteiger partial charge in [-0.2, -0.15) is 0 Å². The van der Waals surface area contributed by atoms with Gasteiger partial charge in [0.25, 0.3) is 5.92 Å². The summed E-state index contributed by atoms with van der Waals surface area (Å²) in [6.07, 6.45) is 0.558. The van der Waals surface area contributed by atoms with Crippen LogP contribution in [0.5, 0.6) is 0 Å². The van der Waals surface area contributed by atoms with E-state index in [1.165, 1.54) is 13.0 Å². The van der Waals surface area contributed by atoms with Crippen LogP contribution in [0.1, 0.15) is 50.6 Å². The van der Waals surface area contributed by atoms with Crippen molar-refractivity contribution in [3.8, 4) is 11.3 Å². The highest BCUT2D eigenvalue weighted by atomic mass is 79.9. The molecule has 1 aliphatic carbocycles. The van der Waals surface area contributed by atoms with Crippen LogP contribution in [-0.4, -0.2) is 27.5 Å². The van der Waals surface area contributed by atoms with E-state index >= 15 is 8.78 Å². The van der Waals surface area contributed by atoms with Crippen LogP contribution in [0.15, 0.2) is 27.5 Å². The van der Waals surface area contributed by atoms with E-state index in [-0.39, 0.29) is 30.5 Å². The topological polar surface area (TPSA) is 44.1 Å². The maximum atomic E-state index is 15.3. The lowest BCUT2D eigenvalue weighted by molar-refractivity contribution is -0.150. The zero-order chi connectivity index (χ0) is 20.9. The number of alkyl halides is 2. The summed E-state index contributed by atoms with van der Waals surface area (Å²) in [4.78, 5) is 15.4. The minimum Gasteiger partial charge on any atom is -0.463 e. The average molecular weight is 536 g/mol. The van der Waals surface area contributed by atoms with Crippen molar-refractivity contribution in [2.45, 2.75) is 57.1 Å². The number of imidazole rings is 1. The molecule has 4 rings (SSSR count). The zero-order valence-electron chi connectivity index (χ0n) is 15.6. The Balaban J connectivity index is 1.60. The number of esters is 1. The Morgan fingerprint density at radius 2 is 1.97 bits per heavy atom. The van der Waals surface area contributed by atoms with Gasteiger partial charge in [-0.1, -0.05) is 12.1 Å². The highest BCUT2D eigenvalue weighted by Crippen LogP contribution is 2.51. The van der Waals surface area contributed by atoms with Crippen LogP contribution in [0, 0.1) is 11.7 Å². The highest BCUT2D eigenvalue weighted by molar-refractivity contribution is 9.11. The van der Waals surface area contributed by atoms with Gasteiger partial charge in [0.05, 0.1) is 11.7 Å². The van der Waals surface area contributed by atoms with Crippen molar-refractivity contribution < 1.29 is 22.7 Å². The summed E-state index contributed by atoms with van der Waals surface area (Å²) in [6.45, 7) is 1.32. The van der Waals surface area contributed by atoms with Crippen LogP contribution in [0.2, 0.25) is 0 Å². The number of halogens is 5. The molecule has 0 bridgehead atoms. The fourth-order valence-electron chi connectivity index (χ4n) is 4.57. The number of aromatic nitrogens is 2. The Labute approximate surface area is 183 Å². The van der Waals surface area contributed by atoms with E-state index in [0.717, 1.165) is 0 Å². The number of fused-ring (bicyclic) bond motifs is 3. The number of nitrogens with zero attached hydrogens (tertiary/aromatic N) is 2. The summed E-state index contributed by atoms with van der Waals surface area (Å²) in [5.74, 6) is -4.71. The van der Waals surface area contributed by atoms with Crippen LogP contribution >= 0.6 is 31.9 Å². The van der Waals surface area contributed by atoms with Gasteiger partial charge in [0.1, 0.15) is 16.5 Å². The molecule has 1 aliphatic heterocycles. The quantitative estimate of drug-likeness (QED) is 0.434. The molecule has 156 valence electrons. The molecule has 4 nitrogen and oxygen atoms in total. The summed E-state index contributed by atoms with van der Waals surface area (Å²) in [7, 11) is 0. The van der Waals surface area contributed by atoms with Crippen LogP contribution in [0.25, 0.3) is 11.3 Å². The average Bonchev–Trinajstić information content (AvgIpc) is 3.12. The first-order valence-electron chi connectivity index (χ1n) is 9.46. The molecule has 0 spiro atoms. The van der Waals surface area contributed by atoms with E-state index in [9.17, 15) is 9.18 Å². The second kappa shape index (κ2) is 7.72. The van der Waals surface area contributed by atoms with Crippen molar-refractivity contribution in [2.75, 3.05) is 0 Å². The third-order valence-electron chi connectivity index (χ3n) is 5.85. The maximum absolute atomic E-state index is 15.3. The molecule has 29 heavy (non-hydrogen) atoms. The van der Waals surface area contributed by atoms with Gasteiger partial charge in [-0.15, -0.1) is 0 Å². The van der Waals surface area contributed by atoms with Gasteiger partial charge in [0.2, 0.25) is 0 Å². The second-order valence-corrected chi connectivity index (χ2v) is 9.12. The zero-order valence-corrected chi connectivity index (χ0v) is 18.8. The van der Waals surface area contributed by atoms with Crippen molar-refractivity contribution >= 4 is 37.8 Å². The standard InChI is InChI=1S/C20H19Br2F3N2O2/c1-10(28)29-12-7-5-11(6-8-12)20(24,25)9-15-16-13(3-2-4-14(16)23)17-18(21)26-19(22)27(15)17/h2-4,11-12,15H,5-9H2,1H3. The number of hydrogen-bond donors (Lipinski definition) is 0. The summed E-state index contributed by atoms with van der Waals surface area (Å²) in [6, 6.07) is 3.75. The first kappa shape index (κ1) is 20.9. The normalized spacial score (nSPS) is 23.6. The first-order valence-corrected chi connectivity index (χ1v) is 11.0. The van der Waals surface area contributed by atoms with Crippen LogP contribution in [0.3, 0.4) is 0 Å². The van der Waals surface area contributed by atoms with Gasteiger partial charge in [-0.25, -0.2) is 18.2 Å². The predicted molar refractivity (Wildman–Crippen MR) is 108 cm³/mol. The van der Waals surface area contributed by atoms with Crippen molar-refractivity contribution in [2.24, 2.45) is 5.92 Å². The van der Waals surface area contributed by atoms with E-state index in [4.69, 9.17) is 4.74 Å². The Bertz CT molecular complexity index is 955. The van der Waals surface area contributed by atoms with Crippen molar-refractivity contribution in [3.05, 3.63) is 38.9 Å². The number of benzene rings is 1. The fraction of sp³-hybridized carbons (Fsp3) is 0.500. The molecule has 2 heterocycles. The summed E-state index contributed by atoms with van der Waals surface area (Å²) in [5, 5.41) is 0. The molecule has 1 fully saturated rings. The molecule has 1 unspecified atom stereocenters. The number of rotatable bonds is 4. The fourth-order valence-corrected chi connectivity index (χ4v) is 5.98. The van der Waals surface area contributed by atoms with Crippen molar-refractivity contribution in [1.82, 2.24) is 9.55 Å². The highest BCUT2D eigenvalue weighted by Gasteiger charge is 2.47. The SMILES string of the molecule is CC(=O)OC1CCC(C(F)(F)CC2c3c(F)cccc3-c3c(Br)nc(Br)n32)CC1. The molecule has 2 aliphatic rings. The number of ether oxygens (including phenoxy) is 1. The molecular weight excluding hydrogens is 517 g/mol. The van der Waals surface area contributed by atoms with E-state index < -0.39 is 30.1 Å². The molecule has 1 atom stereocenters. The monoisotopic (exact) mass is 534 g/mol. The lowest BCUT2D eigenvalue weighted by Crippen LogP contribution is -2.36. The number of carbonyl (C=O) groups is 1. The molecule has 9 heteroatoms. The van der Waals surface area contributed by atoms with E-state index in [1.807, 2.05) is 0 Å². The van der Waals surface area contributed by atoms with Crippen molar-refractivity contribution in [3.63, 3.8) is 0 Å². The van der Waals surface area contributed by atoms with Gasteiger partial charge >= 0.3 is 5.97 Å². The number of carbonyl (C=O) groups excluding carboxylic acids is 1. The molecule has 1 aromatic carbocycles. The third kappa shape index (κ3) is 3.76. The molecular formula is C20H19Br2F3N2O2. The van der Waals surface area contributed by atoms with Gasteiger partial charge < -0.3 is 9.30 Å². The molecule has 1 aromatic heterocycles. The van der Waals surface area contributed by atoms with E-state index in [2.05, 4.69) is 36.8 Å². The second-order valence-electron chi connectivity index (χ2n) is 7.66. The van der Waals surface area contributed by atoms with E-state index in [0.29, 0.717) is 33.4 Å². The van der Waals surface area contributed by atoms with Crippen LogP contribution in [-0.2, 0) is 9.53 Å². The minimum absolute atomic E-state index is 0.267. The maximum Gasteiger partial charge on any atom is 0.302 e. The smallest absolute Gasteiger partial charge is 0.302 e. The molecule has 1 saturated carbocycles. The van der Waals surface area contributed by atoms with Crippen LogP contribution in [0.4, 0.5) is 13.2 Å². The lowest BCUT2D eigenvalue weighted by atomic mass is 9.80. The molecule has 0 saturated heterocycles. The Hall–Kier alpha value is -1.35. The Morgan fingerprint density at radius 1 is 1.28 bits per heavy atom. The summed E-state index contributed by atoms with van der Waals surface area (Å²) < 4.78 is 53.0. The molecule has 0 amide bonds. The van der Waals surface area contributed by atoms with Gasteiger partial charge in [-0.05, 0) is 63.6 Å². The molecule has 0 N–H and O–H groups in total. The summed E-state index contributed by atoms with van der Waals surface area (Å²) >= 11 is 6.69. The summed E-state index contributed by atoms with van der Waals surface area (Å²) in [5.41, 5.74) is 1.46. The first-order chi connectivity index (χ1) is 13.7. The lowest BCUT2D eigenvalue weighted by Gasteiger charge is -2.35.